The maximum atomic E-state index is 5.34. The van der Waals surface area contributed by atoms with Crippen molar-refractivity contribution in [2.45, 2.75) is 38.8 Å². The molecule has 0 bridgehead atoms. The zero-order chi connectivity index (χ0) is 10.5. The highest BCUT2D eigenvalue weighted by Gasteiger charge is 2.22. The molecule has 0 spiro atoms. The molecule has 84 valence electrons. The molecule has 1 aromatic rings. The fourth-order valence-corrected chi connectivity index (χ4v) is 1.67. The zero-order valence-corrected chi connectivity index (χ0v) is 9.03. The quantitative estimate of drug-likeness (QED) is 0.746. The van der Waals surface area contributed by atoms with E-state index in [1.165, 1.54) is 6.42 Å². The molecule has 2 rings (SSSR count). The number of nitrogens with one attached hydrogen (secondary N) is 1. The Hall–Kier alpha value is -0.940. The number of rotatable bonds is 5. The smallest absolute Gasteiger partial charge is 0.243 e. The molecular weight excluding hydrogens is 194 g/mol. The third-order valence-corrected chi connectivity index (χ3v) is 2.42. The monoisotopic (exact) mass is 211 g/mol. The lowest BCUT2D eigenvalue weighted by Gasteiger charge is -2.01. The number of nitrogens with zero attached hydrogens (tertiary/aromatic N) is 2. The minimum Gasteiger partial charge on any atom is -0.373 e. The van der Waals surface area contributed by atoms with E-state index >= 15 is 0 Å². The van der Waals surface area contributed by atoms with Crippen molar-refractivity contribution < 1.29 is 9.26 Å². The molecule has 5 heteroatoms. The van der Waals surface area contributed by atoms with Crippen molar-refractivity contribution in [3.05, 3.63) is 11.7 Å². The van der Waals surface area contributed by atoms with Crippen LogP contribution in [-0.4, -0.2) is 23.3 Å². The van der Waals surface area contributed by atoms with Gasteiger partial charge < -0.3 is 14.6 Å². The van der Waals surface area contributed by atoms with Gasteiger partial charge in [-0.1, -0.05) is 12.1 Å². The molecule has 1 aliphatic rings. The Bertz CT molecular complexity index is 295. The summed E-state index contributed by atoms with van der Waals surface area (Å²) in [5.41, 5.74) is 0. The van der Waals surface area contributed by atoms with Gasteiger partial charge in [-0.15, -0.1) is 0 Å². The Morgan fingerprint density at radius 1 is 1.60 bits per heavy atom. The van der Waals surface area contributed by atoms with E-state index in [1.807, 2.05) is 0 Å². The van der Waals surface area contributed by atoms with Crippen LogP contribution in [0.2, 0.25) is 0 Å². The van der Waals surface area contributed by atoms with E-state index < -0.39 is 0 Å². The molecule has 2 heterocycles. The largest absolute Gasteiger partial charge is 0.373 e. The molecule has 0 saturated carbocycles. The molecule has 1 atom stereocenters. The standard InChI is InChI=1S/C10H17N3O2/c1-2-6-14-7-9-12-10(15-13-9)8-4-3-5-11-8/h8,11H,2-7H2,1H3/t8-/m1/s1. The SMILES string of the molecule is CCCOCc1noc([C@H]2CCCN2)n1. The summed E-state index contributed by atoms with van der Waals surface area (Å²) in [5.74, 6) is 1.34. The molecule has 1 N–H and O–H groups in total. The van der Waals surface area contributed by atoms with E-state index in [-0.39, 0.29) is 6.04 Å². The van der Waals surface area contributed by atoms with Gasteiger partial charge in [0.05, 0.1) is 6.04 Å². The van der Waals surface area contributed by atoms with Gasteiger partial charge in [0.1, 0.15) is 6.61 Å². The molecule has 1 fully saturated rings. The van der Waals surface area contributed by atoms with E-state index in [0.717, 1.165) is 26.0 Å². The Morgan fingerprint density at radius 3 is 3.27 bits per heavy atom. The van der Waals surface area contributed by atoms with Crippen molar-refractivity contribution in [1.82, 2.24) is 15.5 Å². The van der Waals surface area contributed by atoms with Crippen molar-refractivity contribution >= 4 is 0 Å². The summed E-state index contributed by atoms with van der Waals surface area (Å²) in [4.78, 5) is 4.30. The predicted octanol–water partition coefficient (Wildman–Crippen LogP) is 1.42. The first-order valence-electron chi connectivity index (χ1n) is 5.53. The van der Waals surface area contributed by atoms with E-state index in [4.69, 9.17) is 9.26 Å². The van der Waals surface area contributed by atoms with Crippen LogP contribution in [0.25, 0.3) is 0 Å². The zero-order valence-electron chi connectivity index (χ0n) is 9.03. The van der Waals surface area contributed by atoms with Gasteiger partial charge in [0.15, 0.2) is 5.82 Å². The van der Waals surface area contributed by atoms with Crippen molar-refractivity contribution in [1.29, 1.82) is 0 Å². The van der Waals surface area contributed by atoms with Gasteiger partial charge in [-0.05, 0) is 25.8 Å². The maximum absolute atomic E-state index is 5.34. The fraction of sp³-hybridized carbons (Fsp3) is 0.800. The van der Waals surface area contributed by atoms with Gasteiger partial charge in [-0.3, -0.25) is 0 Å². The topological polar surface area (TPSA) is 60.2 Å². The molecule has 0 radical (unpaired) electrons. The van der Waals surface area contributed by atoms with Crippen LogP contribution >= 0.6 is 0 Å². The lowest BCUT2D eigenvalue weighted by molar-refractivity contribution is 0.114. The normalized spacial score (nSPS) is 21.0. The lowest BCUT2D eigenvalue weighted by Crippen LogP contribution is -2.13. The highest BCUT2D eigenvalue weighted by atomic mass is 16.5. The number of hydrogen-bond donors (Lipinski definition) is 1. The minimum atomic E-state index is 0.248. The van der Waals surface area contributed by atoms with E-state index in [0.29, 0.717) is 18.3 Å². The minimum absolute atomic E-state index is 0.248. The summed E-state index contributed by atoms with van der Waals surface area (Å²) in [6.45, 7) is 4.30. The van der Waals surface area contributed by atoms with Crippen molar-refractivity contribution in [2.24, 2.45) is 0 Å². The van der Waals surface area contributed by atoms with E-state index in [1.54, 1.807) is 0 Å². The van der Waals surface area contributed by atoms with Crippen LogP contribution in [0.1, 0.15) is 43.9 Å². The van der Waals surface area contributed by atoms with Crippen LogP contribution in [0.5, 0.6) is 0 Å². The van der Waals surface area contributed by atoms with E-state index in [2.05, 4.69) is 22.4 Å². The van der Waals surface area contributed by atoms with Gasteiger partial charge in [0.25, 0.3) is 0 Å². The molecule has 1 aliphatic heterocycles. The first kappa shape index (κ1) is 10.6. The summed E-state index contributed by atoms with van der Waals surface area (Å²) in [6, 6.07) is 0.248. The summed E-state index contributed by atoms with van der Waals surface area (Å²) in [5, 5.41) is 7.20. The highest BCUT2D eigenvalue weighted by molar-refractivity contribution is 4.94. The van der Waals surface area contributed by atoms with Crippen LogP contribution < -0.4 is 5.32 Å². The Balaban J connectivity index is 1.86. The Morgan fingerprint density at radius 2 is 2.53 bits per heavy atom. The Kier molecular flexibility index (Phi) is 3.69. The number of hydrogen-bond acceptors (Lipinski definition) is 5. The van der Waals surface area contributed by atoms with Gasteiger partial charge in [0, 0.05) is 6.61 Å². The fourth-order valence-electron chi connectivity index (χ4n) is 1.67. The first-order chi connectivity index (χ1) is 7.40. The molecular formula is C10H17N3O2. The lowest BCUT2D eigenvalue weighted by atomic mass is 10.2. The Labute approximate surface area is 89.2 Å². The van der Waals surface area contributed by atoms with Crippen molar-refractivity contribution in [2.75, 3.05) is 13.2 Å². The van der Waals surface area contributed by atoms with Crippen LogP contribution in [0.3, 0.4) is 0 Å². The van der Waals surface area contributed by atoms with Gasteiger partial charge >= 0.3 is 0 Å². The molecule has 0 unspecified atom stereocenters. The van der Waals surface area contributed by atoms with Crippen LogP contribution in [-0.2, 0) is 11.3 Å². The second-order valence-electron chi connectivity index (χ2n) is 3.75. The molecule has 5 nitrogen and oxygen atoms in total. The maximum Gasteiger partial charge on any atom is 0.243 e. The highest BCUT2D eigenvalue weighted by Crippen LogP contribution is 2.21. The van der Waals surface area contributed by atoms with Crippen molar-refractivity contribution in [3.8, 4) is 0 Å². The van der Waals surface area contributed by atoms with Gasteiger partial charge in [-0.2, -0.15) is 4.98 Å². The van der Waals surface area contributed by atoms with Crippen molar-refractivity contribution in [3.63, 3.8) is 0 Å². The molecule has 15 heavy (non-hydrogen) atoms. The average Bonchev–Trinajstić information content (AvgIpc) is 2.87. The molecule has 0 aliphatic carbocycles. The van der Waals surface area contributed by atoms with E-state index in [9.17, 15) is 0 Å². The van der Waals surface area contributed by atoms with Crippen LogP contribution in [0.4, 0.5) is 0 Å². The molecule has 1 saturated heterocycles. The average molecular weight is 211 g/mol. The second kappa shape index (κ2) is 5.23. The van der Waals surface area contributed by atoms with Crippen LogP contribution in [0.15, 0.2) is 4.52 Å². The second-order valence-corrected chi connectivity index (χ2v) is 3.75. The van der Waals surface area contributed by atoms with Gasteiger partial charge in [-0.25, -0.2) is 0 Å². The summed E-state index contributed by atoms with van der Waals surface area (Å²) >= 11 is 0. The third-order valence-electron chi connectivity index (χ3n) is 2.42. The first-order valence-corrected chi connectivity index (χ1v) is 5.53. The van der Waals surface area contributed by atoms with Crippen LogP contribution in [0, 0.1) is 0 Å². The number of ether oxygens (including phenoxy) is 1. The third kappa shape index (κ3) is 2.76. The molecule has 0 aromatic carbocycles. The molecule has 0 amide bonds. The number of aromatic nitrogens is 2. The predicted molar refractivity (Wildman–Crippen MR) is 54.2 cm³/mol. The van der Waals surface area contributed by atoms with Gasteiger partial charge in [0.2, 0.25) is 5.89 Å². The molecule has 1 aromatic heterocycles. The summed E-state index contributed by atoms with van der Waals surface area (Å²) in [6.07, 6.45) is 3.26. The summed E-state index contributed by atoms with van der Waals surface area (Å²) in [7, 11) is 0. The summed E-state index contributed by atoms with van der Waals surface area (Å²) < 4.78 is 10.5.